The fourth-order valence-corrected chi connectivity index (χ4v) is 3.83. The topological polar surface area (TPSA) is 58.1 Å². The van der Waals surface area contributed by atoms with Gasteiger partial charge in [-0.15, -0.1) is 0 Å². The number of rotatable bonds is 5. The van der Waals surface area contributed by atoms with E-state index in [1.165, 1.54) is 12.0 Å². The highest BCUT2D eigenvalue weighted by atomic mass is 16.1. The third kappa shape index (κ3) is 4.04. The lowest BCUT2D eigenvalue weighted by Gasteiger charge is -2.16. The van der Waals surface area contributed by atoms with Gasteiger partial charge in [0, 0.05) is 25.2 Å². The maximum absolute atomic E-state index is 12.5. The minimum atomic E-state index is -0.0549. The van der Waals surface area contributed by atoms with E-state index in [4.69, 9.17) is 0 Å². The third-order valence-corrected chi connectivity index (χ3v) is 5.59. The lowest BCUT2D eigenvalue weighted by Crippen LogP contribution is -2.33. The van der Waals surface area contributed by atoms with Crippen molar-refractivity contribution in [3.8, 4) is 0 Å². The summed E-state index contributed by atoms with van der Waals surface area (Å²) in [4.78, 5) is 24.0. The van der Waals surface area contributed by atoms with Crippen LogP contribution < -0.4 is 5.32 Å². The molecule has 1 aliphatic rings. The van der Waals surface area contributed by atoms with E-state index in [1.807, 2.05) is 32.0 Å². The van der Waals surface area contributed by atoms with Crippen molar-refractivity contribution in [3.05, 3.63) is 71.0 Å². The largest absolute Gasteiger partial charge is 0.351 e. The van der Waals surface area contributed by atoms with Crippen LogP contribution in [0.5, 0.6) is 0 Å². The molecule has 1 fully saturated rings. The monoisotopic (exact) mass is 374 g/mol. The molecule has 0 bridgehead atoms. The van der Waals surface area contributed by atoms with Gasteiger partial charge in [0.2, 0.25) is 0 Å². The summed E-state index contributed by atoms with van der Waals surface area (Å²) in [6, 6.07) is 16.2. The van der Waals surface area contributed by atoms with Crippen LogP contribution in [-0.2, 0) is 0 Å². The Bertz CT molecular complexity index is 987. The van der Waals surface area contributed by atoms with E-state index in [0.29, 0.717) is 18.0 Å². The van der Waals surface area contributed by atoms with Crippen molar-refractivity contribution in [2.24, 2.45) is 0 Å². The van der Waals surface area contributed by atoms with E-state index < -0.39 is 0 Å². The molecule has 144 valence electrons. The summed E-state index contributed by atoms with van der Waals surface area (Å²) in [5, 5.41) is 3.04. The Kier molecular flexibility index (Phi) is 5.35. The van der Waals surface area contributed by atoms with Gasteiger partial charge in [0.1, 0.15) is 0 Å². The number of nitrogens with one attached hydrogen (secondary N) is 1. The maximum atomic E-state index is 12.5. The molecule has 0 radical (unpaired) electrons. The minimum Gasteiger partial charge on any atom is -0.351 e. The van der Waals surface area contributed by atoms with Crippen LogP contribution in [-0.4, -0.2) is 47.0 Å². The van der Waals surface area contributed by atoms with E-state index >= 15 is 0 Å². The molecule has 5 nitrogen and oxygen atoms in total. The molecule has 1 unspecified atom stereocenters. The zero-order valence-electron chi connectivity index (χ0n) is 16.5. The molecule has 4 rings (SSSR count). The summed E-state index contributed by atoms with van der Waals surface area (Å²) in [6.07, 6.45) is 1.18. The molecule has 3 aromatic rings. The number of aromatic nitrogens is 2. The first-order valence-electron chi connectivity index (χ1n) is 9.90. The standard InChI is InChI=1S/C23H26N4O/c1-16-17(2)26-22-14-19(8-9-21(22)25-16)23(28)24-11-13-27-12-10-20(15-27)18-6-4-3-5-7-18/h3-9,14,20H,10-13,15H2,1-2H3,(H,24,28). The van der Waals surface area contributed by atoms with E-state index in [-0.39, 0.29) is 5.91 Å². The maximum Gasteiger partial charge on any atom is 0.251 e. The molecule has 1 aromatic heterocycles. The van der Waals surface area contributed by atoms with Crippen LogP contribution in [0.15, 0.2) is 48.5 Å². The summed E-state index contributed by atoms with van der Waals surface area (Å²) in [7, 11) is 0. The third-order valence-electron chi connectivity index (χ3n) is 5.59. The molecule has 1 atom stereocenters. The number of likely N-dealkylation sites (tertiary alicyclic amines) is 1. The number of fused-ring (bicyclic) bond motifs is 1. The Morgan fingerprint density at radius 3 is 2.61 bits per heavy atom. The fourth-order valence-electron chi connectivity index (χ4n) is 3.83. The highest BCUT2D eigenvalue weighted by molar-refractivity contribution is 5.97. The highest BCUT2D eigenvalue weighted by Crippen LogP contribution is 2.26. The van der Waals surface area contributed by atoms with Crippen molar-refractivity contribution < 1.29 is 4.79 Å². The van der Waals surface area contributed by atoms with Gasteiger partial charge in [-0.05, 0) is 56.5 Å². The van der Waals surface area contributed by atoms with Crippen LogP contribution >= 0.6 is 0 Å². The normalized spacial score (nSPS) is 17.1. The number of hydrogen-bond donors (Lipinski definition) is 1. The molecule has 0 saturated carbocycles. The smallest absolute Gasteiger partial charge is 0.251 e. The van der Waals surface area contributed by atoms with Gasteiger partial charge < -0.3 is 10.2 Å². The number of nitrogens with zero attached hydrogens (tertiary/aromatic N) is 3. The van der Waals surface area contributed by atoms with Crippen molar-refractivity contribution in [3.63, 3.8) is 0 Å². The van der Waals surface area contributed by atoms with Gasteiger partial charge in [-0.3, -0.25) is 4.79 Å². The Balaban J connectivity index is 1.31. The average molecular weight is 374 g/mol. The number of amides is 1. The predicted octanol–water partition coefficient (Wildman–Crippen LogP) is 3.47. The molecule has 5 heteroatoms. The van der Waals surface area contributed by atoms with Gasteiger partial charge >= 0.3 is 0 Å². The summed E-state index contributed by atoms with van der Waals surface area (Å²) in [5.74, 6) is 0.545. The number of aryl methyl sites for hydroxylation is 2. The molecule has 0 spiro atoms. The van der Waals surface area contributed by atoms with Crippen LogP contribution in [0.25, 0.3) is 11.0 Å². The van der Waals surface area contributed by atoms with Gasteiger partial charge in [0.15, 0.2) is 0 Å². The molecule has 1 aliphatic heterocycles. The fraction of sp³-hybridized carbons (Fsp3) is 0.348. The SMILES string of the molecule is Cc1nc2ccc(C(=O)NCCN3CCC(c4ccccc4)C3)cc2nc1C. The number of benzene rings is 2. The second kappa shape index (κ2) is 8.07. The summed E-state index contributed by atoms with van der Waals surface area (Å²) < 4.78 is 0. The van der Waals surface area contributed by atoms with Crippen LogP contribution in [0.4, 0.5) is 0 Å². The van der Waals surface area contributed by atoms with Gasteiger partial charge in [0.05, 0.1) is 22.4 Å². The lowest BCUT2D eigenvalue weighted by molar-refractivity contribution is 0.0950. The van der Waals surface area contributed by atoms with Gasteiger partial charge in [-0.25, -0.2) is 9.97 Å². The predicted molar refractivity (Wildman–Crippen MR) is 112 cm³/mol. The van der Waals surface area contributed by atoms with Gasteiger partial charge in [0.25, 0.3) is 5.91 Å². The van der Waals surface area contributed by atoms with Crippen molar-refractivity contribution >= 4 is 16.9 Å². The number of carbonyl (C=O) groups excluding carboxylic acids is 1. The van der Waals surface area contributed by atoms with Crippen LogP contribution in [0.3, 0.4) is 0 Å². The second-order valence-electron chi connectivity index (χ2n) is 7.55. The number of carbonyl (C=O) groups is 1. The zero-order valence-corrected chi connectivity index (χ0v) is 16.5. The second-order valence-corrected chi connectivity index (χ2v) is 7.55. The van der Waals surface area contributed by atoms with Gasteiger partial charge in [-0.1, -0.05) is 30.3 Å². The van der Waals surface area contributed by atoms with Crippen LogP contribution in [0.1, 0.15) is 39.6 Å². The van der Waals surface area contributed by atoms with Crippen LogP contribution in [0.2, 0.25) is 0 Å². The molecular weight excluding hydrogens is 348 g/mol. The Labute approximate surface area is 165 Å². The molecule has 1 N–H and O–H groups in total. The van der Waals surface area contributed by atoms with Crippen molar-refractivity contribution in [2.75, 3.05) is 26.2 Å². The Morgan fingerprint density at radius 2 is 1.82 bits per heavy atom. The van der Waals surface area contributed by atoms with E-state index in [9.17, 15) is 4.79 Å². The van der Waals surface area contributed by atoms with Crippen molar-refractivity contribution in [1.29, 1.82) is 0 Å². The molecule has 2 aromatic carbocycles. The molecular formula is C23H26N4O. The first-order valence-corrected chi connectivity index (χ1v) is 9.90. The zero-order chi connectivity index (χ0) is 19.5. The van der Waals surface area contributed by atoms with Crippen molar-refractivity contribution in [1.82, 2.24) is 20.2 Å². The number of hydrogen-bond acceptors (Lipinski definition) is 4. The van der Waals surface area contributed by atoms with Crippen LogP contribution in [0, 0.1) is 13.8 Å². The molecule has 0 aliphatic carbocycles. The first kappa shape index (κ1) is 18.6. The summed E-state index contributed by atoms with van der Waals surface area (Å²) in [6.45, 7) is 7.55. The Hall–Kier alpha value is -2.79. The highest BCUT2D eigenvalue weighted by Gasteiger charge is 2.23. The van der Waals surface area contributed by atoms with Crippen molar-refractivity contribution in [2.45, 2.75) is 26.2 Å². The lowest BCUT2D eigenvalue weighted by atomic mass is 9.99. The average Bonchev–Trinajstić information content (AvgIpc) is 3.18. The molecule has 2 heterocycles. The van der Waals surface area contributed by atoms with E-state index in [2.05, 4.69) is 50.5 Å². The van der Waals surface area contributed by atoms with Gasteiger partial charge in [-0.2, -0.15) is 0 Å². The molecule has 1 saturated heterocycles. The summed E-state index contributed by atoms with van der Waals surface area (Å²) in [5.41, 5.74) is 5.45. The first-order chi connectivity index (χ1) is 13.6. The molecule has 28 heavy (non-hydrogen) atoms. The molecule has 1 amide bonds. The van der Waals surface area contributed by atoms with E-state index in [1.54, 1.807) is 0 Å². The Morgan fingerprint density at radius 1 is 1.07 bits per heavy atom. The van der Waals surface area contributed by atoms with E-state index in [0.717, 1.165) is 42.1 Å². The minimum absolute atomic E-state index is 0.0549. The quantitative estimate of drug-likeness (QED) is 0.743. The summed E-state index contributed by atoms with van der Waals surface area (Å²) >= 11 is 0.